The van der Waals surface area contributed by atoms with Gasteiger partial charge < -0.3 is 21.5 Å². The Morgan fingerprint density at radius 1 is 1.87 bits per heavy atom. The molecule has 15 heavy (non-hydrogen) atoms. The van der Waals surface area contributed by atoms with E-state index in [1.807, 2.05) is 0 Å². The quantitative estimate of drug-likeness (QED) is 0.476. The van der Waals surface area contributed by atoms with Gasteiger partial charge in [-0.3, -0.25) is 9.79 Å². The van der Waals surface area contributed by atoms with E-state index in [0.717, 1.165) is 19.4 Å². The Balaban J connectivity index is 2.30. The van der Waals surface area contributed by atoms with Gasteiger partial charge in [-0.2, -0.15) is 0 Å². The monoisotopic (exact) mass is 214 g/mol. The molecule has 1 rings (SSSR count). The van der Waals surface area contributed by atoms with Crippen molar-refractivity contribution in [3.8, 4) is 0 Å². The van der Waals surface area contributed by atoms with Crippen molar-refractivity contribution in [1.82, 2.24) is 10.6 Å². The number of carboxylic acids is 1. The van der Waals surface area contributed by atoms with E-state index in [1.54, 1.807) is 7.05 Å². The van der Waals surface area contributed by atoms with Crippen LogP contribution in [0.25, 0.3) is 0 Å². The van der Waals surface area contributed by atoms with Gasteiger partial charge in [-0.25, -0.2) is 0 Å². The number of nitrogens with two attached hydrogens (primary N) is 1. The summed E-state index contributed by atoms with van der Waals surface area (Å²) in [6, 6.07) is -0.232. The molecular formula is C9H18N4O2. The second-order valence-corrected chi connectivity index (χ2v) is 3.65. The van der Waals surface area contributed by atoms with Crippen molar-refractivity contribution < 1.29 is 9.90 Å². The van der Waals surface area contributed by atoms with Crippen LogP contribution < -0.4 is 16.4 Å². The molecular weight excluding hydrogens is 196 g/mol. The molecule has 0 aromatic carbocycles. The molecule has 5 N–H and O–H groups in total. The molecule has 1 aliphatic heterocycles. The van der Waals surface area contributed by atoms with Gasteiger partial charge in [0, 0.05) is 12.6 Å². The molecule has 0 saturated heterocycles. The second kappa shape index (κ2) is 5.55. The molecule has 2 atom stereocenters. The van der Waals surface area contributed by atoms with Crippen LogP contribution in [0.5, 0.6) is 0 Å². The van der Waals surface area contributed by atoms with Crippen molar-refractivity contribution in [3.05, 3.63) is 0 Å². The van der Waals surface area contributed by atoms with Gasteiger partial charge in [-0.1, -0.05) is 0 Å². The van der Waals surface area contributed by atoms with Crippen LogP contribution in [0.2, 0.25) is 0 Å². The zero-order chi connectivity index (χ0) is 11.3. The zero-order valence-electron chi connectivity index (χ0n) is 8.86. The number of nitrogens with one attached hydrogen (secondary N) is 2. The van der Waals surface area contributed by atoms with E-state index in [1.165, 1.54) is 0 Å². The van der Waals surface area contributed by atoms with Crippen LogP contribution >= 0.6 is 0 Å². The lowest BCUT2D eigenvalue weighted by Gasteiger charge is -2.23. The van der Waals surface area contributed by atoms with Gasteiger partial charge in [0.1, 0.15) is 6.04 Å². The van der Waals surface area contributed by atoms with Crippen molar-refractivity contribution >= 4 is 11.9 Å². The van der Waals surface area contributed by atoms with Gasteiger partial charge >= 0.3 is 5.97 Å². The van der Waals surface area contributed by atoms with Gasteiger partial charge in [-0.15, -0.1) is 0 Å². The second-order valence-electron chi connectivity index (χ2n) is 3.65. The summed E-state index contributed by atoms with van der Waals surface area (Å²) in [5.74, 6) is -0.350. The minimum Gasteiger partial charge on any atom is -0.480 e. The first-order valence-corrected chi connectivity index (χ1v) is 5.10. The van der Waals surface area contributed by atoms with Crippen LogP contribution in [0.1, 0.15) is 19.3 Å². The van der Waals surface area contributed by atoms with E-state index >= 15 is 0 Å². The van der Waals surface area contributed by atoms with Crippen molar-refractivity contribution in [3.63, 3.8) is 0 Å². The van der Waals surface area contributed by atoms with Crippen LogP contribution in [0.15, 0.2) is 4.99 Å². The SMILES string of the molecule is CNC(CCC1CCN=C(N)N1)C(=O)O. The van der Waals surface area contributed by atoms with E-state index in [-0.39, 0.29) is 6.04 Å². The van der Waals surface area contributed by atoms with E-state index < -0.39 is 12.0 Å². The zero-order valence-corrected chi connectivity index (χ0v) is 8.86. The van der Waals surface area contributed by atoms with Gasteiger partial charge in [0.25, 0.3) is 0 Å². The van der Waals surface area contributed by atoms with Crippen molar-refractivity contribution in [2.24, 2.45) is 10.7 Å². The predicted octanol–water partition coefficient (Wildman–Crippen LogP) is -0.884. The molecule has 1 heterocycles. The number of aliphatic imine (C=N–C) groups is 1. The summed E-state index contributed by atoms with van der Waals surface area (Å²) in [5, 5.41) is 14.6. The maximum atomic E-state index is 10.7. The lowest BCUT2D eigenvalue weighted by molar-refractivity contribution is -0.139. The van der Waals surface area contributed by atoms with Gasteiger partial charge in [-0.05, 0) is 26.3 Å². The number of hydrogen-bond acceptors (Lipinski definition) is 5. The normalized spacial score (nSPS) is 22.7. The van der Waals surface area contributed by atoms with Crippen molar-refractivity contribution in [2.45, 2.75) is 31.3 Å². The highest BCUT2D eigenvalue weighted by atomic mass is 16.4. The number of carboxylic acid groups (broad SMARTS) is 1. The molecule has 0 aliphatic carbocycles. The molecule has 0 aromatic heterocycles. The summed E-state index contributed by atoms with van der Waals surface area (Å²) < 4.78 is 0. The fraction of sp³-hybridized carbons (Fsp3) is 0.778. The highest BCUT2D eigenvalue weighted by Gasteiger charge is 2.19. The van der Waals surface area contributed by atoms with Gasteiger partial charge in [0.2, 0.25) is 0 Å². The lowest BCUT2D eigenvalue weighted by atomic mass is 10.0. The Morgan fingerprint density at radius 2 is 2.60 bits per heavy atom. The first-order chi connectivity index (χ1) is 7.13. The number of likely N-dealkylation sites (N-methyl/N-ethyl adjacent to an activating group) is 1. The highest BCUT2D eigenvalue weighted by Crippen LogP contribution is 2.08. The average Bonchev–Trinajstić information content (AvgIpc) is 2.18. The van der Waals surface area contributed by atoms with Crippen LogP contribution in [0.4, 0.5) is 0 Å². The fourth-order valence-electron chi connectivity index (χ4n) is 1.64. The highest BCUT2D eigenvalue weighted by molar-refractivity contribution is 5.78. The third-order valence-corrected chi connectivity index (χ3v) is 2.56. The molecule has 0 saturated carbocycles. The smallest absolute Gasteiger partial charge is 0.320 e. The first kappa shape index (κ1) is 11.8. The van der Waals surface area contributed by atoms with Crippen LogP contribution in [-0.4, -0.2) is 42.7 Å². The maximum Gasteiger partial charge on any atom is 0.320 e. The minimum absolute atomic E-state index is 0.248. The third-order valence-electron chi connectivity index (χ3n) is 2.56. The number of hydrogen-bond donors (Lipinski definition) is 4. The number of rotatable bonds is 5. The number of aliphatic carboxylic acids is 1. The molecule has 86 valence electrons. The Labute approximate surface area is 88.9 Å². The summed E-state index contributed by atoms with van der Waals surface area (Å²) in [4.78, 5) is 14.8. The molecule has 0 spiro atoms. The van der Waals surface area contributed by atoms with E-state index in [0.29, 0.717) is 12.4 Å². The van der Waals surface area contributed by atoms with Crippen LogP contribution in [0, 0.1) is 0 Å². The predicted molar refractivity (Wildman–Crippen MR) is 57.7 cm³/mol. The number of nitrogens with zero attached hydrogens (tertiary/aromatic N) is 1. The average molecular weight is 214 g/mol. The largest absolute Gasteiger partial charge is 0.480 e. The van der Waals surface area contributed by atoms with Crippen LogP contribution in [0.3, 0.4) is 0 Å². The summed E-state index contributed by atoms with van der Waals surface area (Å²) in [5.41, 5.74) is 5.53. The minimum atomic E-state index is -0.810. The van der Waals surface area contributed by atoms with Gasteiger partial charge in [0.05, 0.1) is 0 Å². The third kappa shape index (κ3) is 3.75. The standard InChI is InChI=1S/C9H18N4O2/c1-11-7(8(14)15)3-2-6-4-5-12-9(10)13-6/h6-7,11H,2-5H2,1H3,(H,14,15)(H3,10,12,13). The van der Waals surface area contributed by atoms with Crippen LogP contribution in [-0.2, 0) is 4.79 Å². The topological polar surface area (TPSA) is 99.7 Å². The molecule has 1 aliphatic rings. The van der Waals surface area contributed by atoms with E-state index in [4.69, 9.17) is 10.8 Å². The van der Waals surface area contributed by atoms with E-state index in [9.17, 15) is 4.79 Å². The number of carbonyl (C=O) groups is 1. The Hall–Kier alpha value is -1.30. The Kier molecular flexibility index (Phi) is 4.36. The fourth-order valence-corrected chi connectivity index (χ4v) is 1.64. The molecule has 0 fully saturated rings. The molecule has 6 nitrogen and oxygen atoms in total. The van der Waals surface area contributed by atoms with E-state index in [2.05, 4.69) is 15.6 Å². The molecule has 6 heteroatoms. The first-order valence-electron chi connectivity index (χ1n) is 5.10. The molecule has 0 bridgehead atoms. The van der Waals surface area contributed by atoms with Gasteiger partial charge in [0.15, 0.2) is 5.96 Å². The lowest BCUT2D eigenvalue weighted by Crippen LogP contribution is -2.45. The summed E-state index contributed by atoms with van der Waals surface area (Å²) in [7, 11) is 1.66. The Bertz CT molecular complexity index is 254. The number of guanidine groups is 1. The van der Waals surface area contributed by atoms with Crippen molar-refractivity contribution in [2.75, 3.05) is 13.6 Å². The maximum absolute atomic E-state index is 10.7. The Morgan fingerprint density at radius 3 is 3.13 bits per heavy atom. The molecule has 0 aromatic rings. The summed E-state index contributed by atoms with van der Waals surface area (Å²) in [6.07, 6.45) is 2.29. The summed E-state index contributed by atoms with van der Waals surface area (Å²) >= 11 is 0. The van der Waals surface area contributed by atoms with Crippen molar-refractivity contribution in [1.29, 1.82) is 0 Å². The molecule has 0 radical (unpaired) electrons. The summed E-state index contributed by atoms with van der Waals surface area (Å²) in [6.45, 7) is 0.723. The molecule has 2 unspecified atom stereocenters. The molecule has 0 amide bonds.